The molecule has 2 rings (SSSR count). The topological polar surface area (TPSA) is 41.1 Å². The monoisotopic (exact) mass is 270 g/mol. The van der Waals surface area contributed by atoms with Crippen molar-refractivity contribution >= 4 is 23.2 Å². The van der Waals surface area contributed by atoms with E-state index >= 15 is 0 Å². The minimum Gasteiger partial charge on any atom is -0.322 e. The number of amides is 1. The lowest BCUT2D eigenvalue weighted by atomic mass is 9.93. The summed E-state index contributed by atoms with van der Waals surface area (Å²) in [5.41, 5.74) is -0.441. The average Bonchev–Trinajstić information content (AvgIpc) is 2.84. The molecule has 1 unspecified atom stereocenters. The lowest BCUT2D eigenvalue weighted by Gasteiger charge is -2.26. The van der Waals surface area contributed by atoms with Gasteiger partial charge in [-0.25, -0.2) is 4.39 Å². The Labute approximate surface area is 111 Å². The Morgan fingerprint density at radius 1 is 1.61 bits per heavy atom. The second-order valence-electron chi connectivity index (χ2n) is 4.54. The van der Waals surface area contributed by atoms with Crippen LogP contribution in [0.15, 0.2) is 18.2 Å². The summed E-state index contributed by atoms with van der Waals surface area (Å²) in [5.74, 6) is -0.666. The van der Waals surface area contributed by atoms with Crippen molar-refractivity contribution in [3.05, 3.63) is 29.0 Å². The summed E-state index contributed by atoms with van der Waals surface area (Å²) < 4.78 is 13.6. The van der Waals surface area contributed by atoms with Gasteiger partial charge in [0.05, 0.1) is 11.2 Å². The van der Waals surface area contributed by atoms with Crippen molar-refractivity contribution in [1.29, 1.82) is 0 Å². The van der Waals surface area contributed by atoms with Crippen LogP contribution in [0.5, 0.6) is 0 Å². The van der Waals surface area contributed by atoms with E-state index < -0.39 is 11.4 Å². The summed E-state index contributed by atoms with van der Waals surface area (Å²) in [6.07, 6.45) is 2.41. The molecule has 1 amide bonds. The van der Waals surface area contributed by atoms with Gasteiger partial charge in [-0.05, 0) is 44.0 Å². The molecule has 0 spiro atoms. The molecule has 1 aromatic rings. The summed E-state index contributed by atoms with van der Waals surface area (Å²) in [7, 11) is 0. The Morgan fingerprint density at radius 3 is 3.00 bits per heavy atom. The number of nitrogens with one attached hydrogen (secondary N) is 2. The van der Waals surface area contributed by atoms with Crippen LogP contribution in [0, 0.1) is 5.82 Å². The van der Waals surface area contributed by atoms with Crippen LogP contribution >= 0.6 is 11.6 Å². The van der Waals surface area contributed by atoms with Gasteiger partial charge in [-0.2, -0.15) is 0 Å². The molecular formula is C13H16ClFN2O. The van der Waals surface area contributed by atoms with Crippen LogP contribution in [0.3, 0.4) is 0 Å². The van der Waals surface area contributed by atoms with E-state index in [4.69, 9.17) is 11.6 Å². The van der Waals surface area contributed by atoms with Gasteiger partial charge in [0.25, 0.3) is 0 Å². The number of carbonyl (C=O) groups excluding carboxylic acids is 1. The Kier molecular flexibility index (Phi) is 3.88. The third kappa shape index (κ3) is 2.49. The second kappa shape index (κ2) is 5.24. The van der Waals surface area contributed by atoms with E-state index in [0.29, 0.717) is 11.4 Å². The molecule has 1 saturated heterocycles. The van der Waals surface area contributed by atoms with Crippen molar-refractivity contribution in [3.63, 3.8) is 0 Å². The summed E-state index contributed by atoms with van der Waals surface area (Å²) in [5, 5.41) is 6.23. The molecule has 0 radical (unpaired) electrons. The Balaban J connectivity index is 2.18. The maximum absolute atomic E-state index is 13.6. The molecule has 5 heteroatoms. The lowest BCUT2D eigenvalue weighted by molar-refractivity contribution is -0.122. The van der Waals surface area contributed by atoms with Crippen molar-refractivity contribution in [2.24, 2.45) is 0 Å². The fourth-order valence-corrected chi connectivity index (χ4v) is 2.47. The Hall–Kier alpha value is -1.13. The summed E-state index contributed by atoms with van der Waals surface area (Å²) in [4.78, 5) is 12.2. The van der Waals surface area contributed by atoms with E-state index in [1.54, 1.807) is 0 Å². The number of rotatable bonds is 3. The van der Waals surface area contributed by atoms with Gasteiger partial charge in [-0.3, -0.25) is 4.79 Å². The predicted molar refractivity (Wildman–Crippen MR) is 70.3 cm³/mol. The Bertz CT molecular complexity index is 458. The zero-order chi connectivity index (χ0) is 13.2. The molecule has 1 fully saturated rings. The molecule has 0 aliphatic carbocycles. The van der Waals surface area contributed by atoms with Gasteiger partial charge in [0.15, 0.2) is 0 Å². The van der Waals surface area contributed by atoms with Crippen LogP contribution in [0.2, 0.25) is 5.02 Å². The average molecular weight is 271 g/mol. The highest BCUT2D eigenvalue weighted by atomic mass is 35.5. The molecule has 18 heavy (non-hydrogen) atoms. The number of halogens is 2. The number of carbonyl (C=O) groups is 1. The third-order valence-corrected chi connectivity index (χ3v) is 3.69. The summed E-state index contributed by atoms with van der Waals surface area (Å²) in [6, 6.07) is 4.13. The molecule has 0 bridgehead atoms. The van der Waals surface area contributed by atoms with Crippen LogP contribution in [0.4, 0.5) is 10.1 Å². The standard InChI is InChI=1S/C13H16ClFN2O/c1-2-13(6-3-7-16-13)12(18)17-11-8-9(14)4-5-10(11)15/h4-5,8,16H,2-3,6-7H2,1H3,(H,17,18). The zero-order valence-electron chi connectivity index (χ0n) is 10.2. The molecule has 2 N–H and O–H groups in total. The van der Waals surface area contributed by atoms with Crippen LogP contribution in [0.1, 0.15) is 26.2 Å². The molecule has 0 saturated carbocycles. The summed E-state index contributed by atoms with van der Waals surface area (Å²) in [6.45, 7) is 2.77. The van der Waals surface area contributed by atoms with E-state index in [2.05, 4.69) is 10.6 Å². The predicted octanol–water partition coefficient (Wildman–Crippen LogP) is 2.95. The molecule has 3 nitrogen and oxygen atoms in total. The van der Waals surface area contributed by atoms with E-state index in [0.717, 1.165) is 19.4 Å². The number of hydrogen-bond donors (Lipinski definition) is 2. The molecule has 98 valence electrons. The van der Waals surface area contributed by atoms with Crippen LogP contribution in [-0.2, 0) is 4.79 Å². The number of anilines is 1. The molecule has 1 heterocycles. The largest absolute Gasteiger partial charge is 0.322 e. The van der Waals surface area contributed by atoms with Crippen molar-refractivity contribution in [3.8, 4) is 0 Å². The highest BCUT2D eigenvalue weighted by molar-refractivity contribution is 6.30. The van der Waals surface area contributed by atoms with E-state index in [-0.39, 0.29) is 11.6 Å². The van der Waals surface area contributed by atoms with Gasteiger partial charge < -0.3 is 10.6 Å². The molecule has 1 aliphatic heterocycles. The molecule has 1 aliphatic rings. The fourth-order valence-electron chi connectivity index (χ4n) is 2.30. The highest BCUT2D eigenvalue weighted by Crippen LogP contribution is 2.26. The highest BCUT2D eigenvalue weighted by Gasteiger charge is 2.39. The molecular weight excluding hydrogens is 255 g/mol. The minimum atomic E-state index is -0.575. The molecule has 0 aromatic heterocycles. The van der Waals surface area contributed by atoms with E-state index in [1.807, 2.05) is 6.92 Å². The first kappa shape index (κ1) is 13.3. The number of benzene rings is 1. The van der Waals surface area contributed by atoms with Crippen LogP contribution in [-0.4, -0.2) is 18.0 Å². The van der Waals surface area contributed by atoms with Crippen LogP contribution in [0.25, 0.3) is 0 Å². The quantitative estimate of drug-likeness (QED) is 0.887. The van der Waals surface area contributed by atoms with Gasteiger partial charge in [-0.15, -0.1) is 0 Å². The van der Waals surface area contributed by atoms with Crippen molar-refractivity contribution in [1.82, 2.24) is 5.32 Å². The van der Waals surface area contributed by atoms with Gasteiger partial charge in [-0.1, -0.05) is 18.5 Å². The zero-order valence-corrected chi connectivity index (χ0v) is 11.0. The lowest BCUT2D eigenvalue weighted by Crippen LogP contribution is -2.50. The van der Waals surface area contributed by atoms with Crippen LogP contribution < -0.4 is 10.6 Å². The van der Waals surface area contributed by atoms with E-state index in [1.165, 1.54) is 18.2 Å². The molecule has 1 aromatic carbocycles. The third-order valence-electron chi connectivity index (χ3n) is 3.46. The van der Waals surface area contributed by atoms with Gasteiger partial charge in [0, 0.05) is 5.02 Å². The van der Waals surface area contributed by atoms with Crippen molar-refractivity contribution in [2.45, 2.75) is 31.7 Å². The maximum Gasteiger partial charge on any atom is 0.244 e. The maximum atomic E-state index is 13.6. The van der Waals surface area contributed by atoms with Crippen molar-refractivity contribution < 1.29 is 9.18 Å². The van der Waals surface area contributed by atoms with Crippen molar-refractivity contribution in [2.75, 3.05) is 11.9 Å². The molecule has 1 atom stereocenters. The minimum absolute atomic E-state index is 0.133. The van der Waals surface area contributed by atoms with Gasteiger partial charge in [0.2, 0.25) is 5.91 Å². The Morgan fingerprint density at radius 2 is 2.39 bits per heavy atom. The number of hydrogen-bond acceptors (Lipinski definition) is 2. The van der Waals surface area contributed by atoms with Gasteiger partial charge in [0.1, 0.15) is 5.82 Å². The second-order valence-corrected chi connectivity index (χ2v) is 4.98. The SMILES string of the molecule is CCC1(C(=O)Nc2cc(Cl)ccc2F)CCCN1. The first-order valence-electron chi connectivity index (χ1n) is 6.09. The summed E-state index contributed by atoms with van der Waals surface area (Å²) >= 11 is 5.79. The van der Waals surface area contributed by atoms with E-state index in [9.17, 15) is 9.18 Å². The first-order valence-corrected chi connectivity index (χ1v) is 6.47. The fraction of sp³-hybridized carbons (Fsp3) is 0.462. The van der Waals surface area contributed by atoms with Gasteiger partial charge >= 0.3 is 0 Å². The smallest absolute Gasteiger partial charge is 0.244 e. The normalized spacial score (nSPS) is 23.1. The first-order chi connectivity index (χ1) is 8.57.